The fraction of sp³-hybridized carbons (Fsp3) is 0.843. The Morgan fingerprint density at radius 3 is 1.48 bits per heavy atom. The van der Waals surface area contributed by atoms with E-state index in [1.807, 2.05) is 6.08 Å². The fourth-order valence-electron chi connectivity index (χ4n) is 7.84. The highest BCUT2D eigenvalue weighted by molar-refractivity contribution is 5.70. The minimum absolute atomic E-state index is 0.147. The summed E-state index contributed by atoms with van der Waals surface area (Å²) in [6.45, 7) is 2.52. The minimum Gasteiger partial charge on any atom is -0.462 e. The third kappa shape index (κ3) is 26.5. The van der Waals surface area contributed by atoms with Crippen molar-refractivity contribution in [1.82, 2.24) is 0 Å². The van der Waals surface area contributed by atoms with Gasteiger partial charge in [-0.2, -0.15) is 0 Å². The summed E-state index contributed by atoms with van der Waals surface area (Å²) in [5.41, 5.74) is 0. The van der Waals surface area contributed by atoms with Crippen LogP contribution in [0.3, 0.4) is 0 Å². The smallest absolute Gasteiger partial charge is 0.306 e. The lowest BCUT2D eigenvalue weighted by molar-refractivity contribution is -0.332. The second-order valence-corrected chi connectivity index (χ2v) is 18.0. The number of esters is 2. The lowest BCUT2D eigenvalue weighted by atomic mass is 9.98. The van der Waals surface area contributed by atoms with Gasteiger partial charge in [0.25, 0.3) is 0 Å². The number of hydrogen-bond donors (Lipinski definition) is 7. The molecule has 0 spiro atoms. The van der Waals surface area contributed by atoms with Crippen LogP contribution in [-0.2, 0) is 38.0 Å². The highest BCUT2D eigenvalue weighted by Gasteiger charge is 2.47. The van der Waals surface area contributed by atoms with Crippen molar-refractivity contribution in [2.24, 2.45) is 0 Å². The van der Waals surface area contributed by atoms with Crippen molar-refractivity contribution in [3.8, 4) is 0 Å². The van der Waals surface area contributed by atoms with Gasteiger partial charge in [-0.25, -0.2) is 0 Å². The molecule has 0 aromatic heterocycles. The molecule has 15 nitrogen and oxygen atoms in total. The minimum atomic E-state index is -1.77. The van der Waals surface area contributed by atoms with Gasteiger partial charge in [0.1, 0.15) is 55.4 Å². The van der Waals surface area contributed by atoms with Gasteiger partial charge in [-0.15, -0.1) is 0 Å². The van der Waals surface area contributed by atoms with E-state index in [-0.39, 0.29) is 19.4 Å². The summed E-state index contributed by atoms with van der Waals surface area (Å²) < 4.78 is 33.5. The summed E-state index contributed by atoms with van der Waals surface area (Å²) >= 11 is 0. The number of rotatable bonds is 39. The van der Waals surface area contributed by atoms with Gasteiger partial charge in [0, 0.05) is 12.8 Å². The molecule has 0 aromatic rings. The topological polar surface area (TPSA) is 231 Å². The van der Waals surface area contributed by atoms with Gasteiger partial charge in [-0.1, -0.05) is 140 Å². The number of carbonyl (C=O) groups is 2. The number of aliphatic hydroxyl groups excluding tert-OH is 7. The van der Waals surface area contributed by atoms with E-state index in [0.717, 1.165) is 51.4 Å². The van der Waals surface area contributed by atoms with Crippen LogP contribution in [0, 0.1) is 0 Å². The average Bonchev–Trinajstić information content (AvgIpc) is 3.31. The summed E-state index contributed by atoms with van der Waals surface area (Å²) in [7, 11) is 0. The molecular weight excluding hydrogens is 853 g/mol. The van der Waals surface area contributed by atoms with Gasteiger partial charge in [-0.05, 0) is 64.2 Å². The van der Waals surface area contributed by atoms with Crippen molar-refractivity contribution in [2.45, 2.75) is 248 Å². The maximum atomic E-state index is 13.0. The largest absolute Gasteiger partial charge is 0.462 e. The Kier molecular flexibility index (Phi) is 35.0. The number of unbranched alkanes of at least 4 members (excludes halogenated alkanes) is 19. The van der Waals surface area contributed by atoms with Gasteiger partial charge >= 0.3 is 11.9 Å². The summed E-state index contributed by atoms with van der Waals surface area (Å²) in [4.78, 5) is 25.7. The normalized spacial score (nSPS) is 26.4. The first-order valence-electron chi connectivity index (χ1n) is 25.6. The molecule has 0 amide bonds. The molecule has 11 atom stereocenters. The highest BCUT2D eigenvalue weighted by atomic mass is 16.7. The van der Waals surface area contributed by atoms with E-state index in [0.29, 0.717) is 19.3 Å². The Hall–Kier alpha value is -2.28. The monoisotopic (exact) mass is 943 g/mol. The maximum Gasteiger partial charge on any atom is 0.306 e. The second kappa shape index (κ2) is 38.6. The van der Waals surface area contributed by atoms with E-state index in [1.54, 1.807) is 0 Å². The van der Waals surface area contributed by atoms with Crippen LogP contribution in [0.25, 0.3) is 0 Å². The van der Waals surface area contributed by atoms with Crippen LogP contribution in [0.5, 0.6) is 0 Å². The van der Waals surface area contributed by atoms with Gasteiger partial charge < -0.3 is 64.2 Å². The second-order valence-electron chi connectivity index (χ2n) is 18.0. The molecule has 4 unspecified atom stereocenters. The van der Waals surface area contributed by atoms with Crippen molar-refractivity contribution in [3.63, 3.8) is 0 Å². The maximum absolute atomic E-state index is 13.0. The third-order valence-electron chi connectivity index (χ3n) is 12.1. The number of hydrogen-bond acceptors (Lipinski definition) is 15. The predicted molar refractivity (Wildman–Crippen MR) is 252 cm³/mol. The lowest BCUT2D eigenvalue weighted by Crippen LogP contribution is -2.61. The van der Waals surface area contributed by atoms with E-state index in [1.165, 1.54) is 83.5 Å². The van der Waals surface area contributed by atoms with Crippen LogP contribution in [0.15, 0.2) is 36.5 Å². The first kappa shape index (κ1) is 59.8. The number of carbonyl (C=O) groups excluding carboxylic acids is 2. The van der Waals surface area contributed by atoms with Crippen molar-refractivity contribution < 1.29 is 73.8 Å². The molecule has 0 bridgehead atoms. The first-order chi connectivity index (χ1) is 32.0. The van der Waals surface area contributed by atoms with Crippen LogP contribution in [-0.4, -0.2) is 142 Å². The van der Waals surface area contributed by atoms with Gasteiger partial charge in [0.05, 0.1) is 19.8 Å². The molecule has 0 radical (unpaired) electrons. The van der Waals surface area contributed by atoms with Crippen molar-refractivity contribution in [3.05, 3.63) is 36.5 Å². The van der Waals surface area contributed by atoms with Crippen molar-refractivity contribution >= 4 is 11.9 Å². The zero-order chi connectivity index (χ0) is 48.2. The van der Waals surface area contributed by atoms with Crippen molar-refractivity contribution in [1.29, 1.82) is 0 Å². The summed E-state index contributed by atoms with van der Waals surface area (Å²) in [5, 5.41) is 72.0. The number of ether oxygens (including phenoxy) is 6. The molecule has 384 valence electrons. The van der Waals surface area contributed by atoms with Crippen LogP contribution in [0.4, 0.5) is 0 Å². The number of aliphatic hydroxyl groups is 7. The van der Waals surface area contributed by atoms with Gasteiger partial charge in [-0.3, -0.25) is 9.59 Å². The van der Waals surface area contributed by atoms with Gasteiger partial charge in [0.15, 0.2) is 18.7 Å². The Morgan fingerprint density at radius 1 is 0.485 bits per heavy atom. The SMILES string of the molecule is CCCCCC/C=C/CCCCCCCC(=O)O[C@@H](COC(=O)CCC/C=C/C/C=C/CCCCCCCCCCC)CO[C@@H]1O[C@H](CO[C@@H]2O[C@H](CO)[C@H](O)C(O)C2O)[C@H](O)C(O)C1O. The fourth-order valence-corrected chi connectivity index (χ4v) is 7.84. The first-order valence-corrected chi connectivity index (χ1v) is 25.6. The molecule has 66 heavy (non-hydrogen) atoms. The number of allylic oxidation sites excluding steroid dienone is 6. The Balaban J connectivity index is 1.83. The van der Waals surface area contributed by atoms with Crippen LogP contribution < -0.4 is 0 Å². The Bertz CT molecular complexity index is 1290. The van der Waals surface area contributed by atoms with E-state index in [9.17, 15) is 45.3 Å². The molecule has 2 aliphatic heterocycles. The molecule has 7 N–H and O–H groups in total. The highest BCUT2D eigenvalue weighted by Crippen LogP contribution is 2.26. The Morgan fingerprint density at radius 2 is 0.924 bits per heavy atom. The Labute approximate surface area is 395 Å². The molecule has 2 saturated heterocycles. The molecule has 0 saturated carbocycles. The van der Waals surface area contributed by atoms with Crippen LogP contribution in [0.1, 0.15) is 181 Å². The van der Waals surface area contributed by atoms with E-state index in [4.69, 9.17) is 28.4 Å². The lowest BCUT2D eigenvalue weighted by Gasteiger charge is -2.42. The quantitative estimate of drug-likeness (QED) is 0.0188. The van der Waals surface area contributed by atoms with Crippen LogP contribution >= 0.6 is 0 Å². The summed E-state index contributed by atoms with van der Waals surface area (Å²) in [6, 6.07) is 0. The predicted octanol–water partition coefficient (Wildman–Crippen LogP) is 6.93. The van der Waals surface area contributed by atoms with Crippen molar-refractivity contribution in [2.75, 3.05) is 26.4 Å². The van der Waals surface area contributed by atoms with Crippen LogP contribution in [0.2, 0.25) is 0 Å². The molecule has 2 heterocycles. The van der Waals surface area contributed by atoms with E-state index in [2.05, 4.69) is 44.2 Å². The summed E-state index contributed by atoms with van der Waals surface area (Å²) in [6.07, 6.45) is 23.3. The average molecular weight is 943 g/mol. The molecule has 2 rings (SSSR count). The molecule has 15 heteroatoms. The van der Waals surface area contributed by atoms with E-state index >= 15 is 0 Å². The molecule has 0 aliphatic carbocycles. The van der Waals surface area contributed by atoms with Gasteiger partial charge in [0.2, 0.25) is 0 Å². The zero-order valence-corrected chi connectivity index (χ0v) is 40.4. The van der Waals surface area contributed by atoms with E-state index < -0.39 is 99.3 Å². The molecule has 2 fully saturated rings. The molecular formula is C51H90O15. The molecule has 2 aliphatic rings. The summed E-state index contributed by atoms with van der Waals surface area (Å²) in [5.74, 6) is -0.987. The third-order valence-corrected chi connectivity index (χ3v) is 12.1. The standard InChI is InChI=1S/C51H90O15/c1-3-5-7-9-11-13-15-17-18-19-20-22-23-25-27-29-31-33-42(53)61-36-39(64-43(54)34-32-30-28-26-24-21-16-14-12-10-8-6-4-2)37-62-50-49(60)47(58)45(56)41(66-50)38-63-51-48(59)46(57)44(55)40(35-52)65-51/h14,16,20,22,25,27,39-41,44-52,55-60H,3-13,15,17-19,21,23-24,26,28-38H2,1-2H3/b16-14+,22-20+,27-25+/t39-,40+,41+,44-,45-,46?,47?,48?,49?,50+,51+/m0/s1. The zero-order valence-electron chi connectivity index (χ0n) is 40.4. The molecule has 0 aromatic carbocycles.